The number of benzene rings is 9. The van der Waals surface area contributed by atoms with Crippen molar-refractivity contribution in [3.63, 3.8) is 0 Å². The van der Waals surface area contributed by atoms with Crippen LogP contribution < -0.4 is 19.8 Å². The van der Waals surface area contributed by atoms with Gasteiger partial charge in [-0.25, -0.2) is 0 Å². The van der Waals surface area contributed by atoms with Gasteiger partial charge >= 0.3 is 0 Å². The first-order valence-corrected chi connectivity index (χ1v) is 25.9. The first-order valence-electron chi connectivity index (χ1n) is 22.9. The molecule has 0 fully saturated rings. The first-order chi connectivity index (χ1) is 30.8. The van der Waals surface area contributed by atoms with Gasteiger partial charge in [0.05, 0.1) is 0 Å². The molecule has 0 unspecified atom stereocenters. The van der Waals surface area contributed by atoms with Crippen LogP contribution in [0.25, 0.3) is 66.1 Å². The van der Waals surface area contributed by atoms with Crippen LogP contribution in [0.3, 0.4) is 0 Å². The molecule has 0 amide bonds. The Morgan fingerprint density at radius 2 is 0.781 bits per heavy atom. The van der Waals surface area contributed by atoms with E-state index in [9.17, 15) is 0 Å². The van der Waals surface area contributed by atoms with Gasteiger partial charge in [-0.1, -0.05) is 188 Å². The van der Waals surface area contributed by atoms with Crippen molar-refractivity contribution < 1.29 is 9.47 Å². The molecule has 0 aromatic heterocycles. The van der Waals surface area contributed by atoms with Crippen LogP contribution >= 0.6 is 0 Å². The summed E-state index contributed by atoms with van der Waals surface area (Å²) in [5.74, 6) is 4.04. The lowest BCUT2D eigenvalue weighted by atomic mass is 9.74. The summed E-state index contributed by atoms with van der Waals surface area (Å²) in [6, 6.07) is 59.3. The molecule has 13 rings (SSSR count). The minimum Gasteiger partial charge on any atom is -0.457 e. The molecule has 0 saturated heterocycles. The summed E-state index contributed by atoms with van der Waals surface area (Å²) in [6.45, 7) is 19.1. The summed E-state index contributed by atoms with van der Waals surface area (Å²) in [5, 5.41) is 7.81. The minimum absolute atomic E-state index is 0.177. The lowest BCUT2D eigenvalue weighted by Crippen LogP contribution is -2.56. The largest absolute Gasteiger partial charge is 0.457 e. The van der Waals surface area contributed by atoms with Gasteiger partial charge in [0, 0.05) is 38.5 Å². The molecule has 4 aliphatic rings. The molecule has 9 aromatic rings. The second-order valence-corrected chi connectivity index (χ2v) is 25.1. The molecule has 0 N–H and O–H groups in total. The molecule has 3 heteroatoms. The van der Waals surface area contributed by atoms with Crippen molar-refractivity contribution >= 4 is 40.0 Å². The van der Waals surface area contributed by atoms with E-state index in [1.54, 1.807) is 0 Å². The normalized spacial score (nSPS) is 16.9. The average Bonchev–Trinajstić information content (AvgIpc) is 3.67. The van der Waals surface area contributed by atoms with Gasteiger partial charge in [0.15, 0.2) is 0 Å². The molecule has 2 aliphatic carbocycles. The molecule has 64 heavy (non-hydrogen) atoms. The van der Waals surface area contributed by atoms with E-state index in [1.807, 2.05) is 0 Å². The third-order valence-electron chi connectivity index (χ3n) is 16.0. The zero-order chi connectivity index (χ0) is 43.7. The summed E-state index contributed by atoms with van der Waals surface area (Å²) in [4.78, 5) is 0. The van der Waals surface area contributed by atoms with Crippen molar-refractivity contribution in [2.24, 2.45) is 0 Å². The molecule has 2 nitrogen and oxygen atoms in total. The quantitative estimate of drug-likeness (QED) is 0.127. The Balaban J connectivity index is 0.978. The first kappa shape index (κ1) is 37.8. The van der Waals surface area contributed by atoms with Crippen LogP contribution in [0.5, 0.6) is 23.0 Å². The monoisotopic (exact) mass is 842 g/mol. The summed E-state index contributed by atoms with van der Waals surface area (Å²) in [7, 11) is -1.98. The van der Waals surface area contributed by atoms with E-state index < -0.39 is 8.07 Å². The molecular weight excluding hydrogens is 793 g/mol. The summed E-state index contributed by atoms with van der Waals surface area (Å²) in [5.41, 5.74) is 17.3. The van der Waals surface area contributed by atoms with E-state index in [0.717, 1.165) is 23.0 Å². The lowest BCUT2D eigenvalue weighted by molar-refractivity contribution is 0.419. The SMILES string of the molecule is CC1(C)c2ccccc2Oc2c1ccc1c2-c2ccc(-c3c4ccccc4c(-c4ccc5c(c4)C(C)(C)c4ccc6c(c4-5)Oc4ccccc4[Si]6(C)C)c4ccccc34)cc2C1(C)C. The Labute approximate surface area is 377 Å². The molecule has 0 radical (unpaired) electrons. The highest BCUT2D eigenvalue weighted by atomic mass is 28.3. The second-order valence-electron chi connectivity index (χ2n) is 20.8. The van der Waals surface area contributed by atoms with E-state index in [0.29, 0.717) is 0 Å². The van der Waals surface area contributed by atoms with Gasteiger partial charge in [-0.3, -0.25) is 0 Å². The zero-order valence-electron chi connectivity index (χ0n) is 37.8. The zero-order valence-corrected chi connectivity index (χ0v) is 38.8. The van der Waals surface area contributed by atoms with E-state index >= 15 is 0 Å². The number of para-hydroxylation sites is 2. The van der Waals surface area contributed by atoms with Gasteiger partial charge in [0.1, 0.15) is 31.1 Å². The van der Waals surface area contributed by atoms with Gasteiger partial charge in [-0.05, 0) is 112 Å². The maximum absolute atomic E-state index is 6.92. The van der Waals surface area contributed by atoms with E-state index in [2.05, 4.69) is 212 Å². The molecule has 2 heterocycles. The van der Waals surface area contributed by atoms with Crippen molar-refractivity contribution in [3.05, 3.63) is 191 Å². The fourth-order valence-corrected chi connectivity index (χ4v) is 15.3. The number of fused-ring (bicyclic) bond motifs is 14. The number of hydrogen-bond donors (Lipinski definition) is 0. The molecule has 2 aliphatic heterocycles. The third kappa shape index (κ3) is 4.75. The van der Waals surface area contributed by atoms with Gasteiger partial charge < -0.3 is 9.47 Å². The lowest BCUT2D eigenvalue weighted by Gasteiger charge is -2.36. The van der Waals surface area contributed by atoms with Gasteiger partial charge in [-0.15, -0.1) is 0 Å². The van der Waals surface area contributed by atoms with Crippen molar-refractivity contribution in [3.8, 4) is 67.5 Å². The smallest absolute Gasteiger partial charge is 0.139 e. The molecule has 310 valence electrons. The molecule has 0 saturated carbocycles. The van der Waals surface area contributed by atoms with Gasteiger partial charge in [-0.2, -0.15) is 0 Å². The number of hydrogen-bond acceptors (Lipinski definition) is 2. The summed E-state index contributed by atoms with van der Waals surface area (Å²) < 4.78 is 13.8. The third-order valence-corrected chi connectivity index (χ3v) is 19.5. The number of rotatable bonds is 2. The Morgan fingerprint density at radius 3 is 1.36 bits per heavy atom. The Kier molecular flexibility index (Phi) is 7.40. The van der Waals surface area contributed by atoms with Gasteiger partial charge in [0.25, 0.3) is 0 Å². The van der Waals surface area contributed by atoms with Crippen LogP contribution in [0.2, 0.25) is 13.1 Å². The van der Waals surface area contributed by atoms with Crippen LogP contribution in [0.1, 0.15) is 74.9 Å². The highest BCUT2D eigenvalue weighted by molar-refractivity contribution is 7.01. The Bertz CT molecular complexity index is 3270. The van der Waals surface area contributed by atoms with Crippen LogP contribution in [-0.2, 0) is 16.2 Å². The standard InChI is InChI=1S/C61H50O2Si/c1-59(2)43-21-13-14-22-49(43)62-57-46(59)30-29-44-55(57)41-27-25-35(33-47(41)60(44,3)4)53-37-17-9-11-19-39(37)54(40-20-12-10-18-38(40)53)36-26-28-42-48(34-36)61(5,6)45-31-32-52-58(56(42)45)63-50-23-15-16-24-51(50)64(52,7)8/h9-34H,1-8H3. The maximum atomic E-state index is 6.92. The fourth-order valence-electron chi connectivity index (χ4n) is 12.5. The highest BCUT2D eigenvalue weighted by Gasteiger charge is 2.45. The van der Waals surface area contributed by atoms with Gasteiger partial charge in [0.2, 0.25) is 0 Å². The molecule has 0 atom stereocenters. The predicted molar refractivity (Wildman–Crippen MR) is 269 cm³/mol. The van der Waals surface area contributed by atoms with E-state index in [1.165, 1.54) is 110 Å². The maximum Gasteiger partial charge on any atom is 0.139 e. The van der Waals surface area contributed by atoms with Crippen LogP contribution in [0, 0.1) is 0 Å². The summed E-state index contributed by atoms with van der Waals surface area (Å²) >= 11 is 0. The van der Waals surface area contributed by atoms with Crippen LogP contribution in [0.15, 0.2) is 158 Å². The van der Waals surface area contributed by atoms with Crippen molar-refractivity contribution in [2.75, 3.05) is 0 Å². The van der Waals surface area contributed by atoms with Crippen LogP contribution in [0.4, 0.5) is 0 Å². The molecule has 9 aromatic carbocycles. The highest BCUT2D eigenvalue weighted by Crippen LogP contribution is 2.60. The van der Waals surface area contributed by atoms with E-state index in [4.69, 9.17) is 9.47 Å². The molecular formula is C61H50O2Si. The minimum atomic E-state index is -1.98. The Hall–Kier alpha value is -6.68. The second kappa shape index (κ2) is 12.5. The van der Waals surface area contributed by atoms with Crippen molar-refractivity contribution in [2.45, 2.75) is 70.9 Å². The average molecular weight is 843 g/mol. The fraction of sp³-hybridized carbons (Fsp3) is 0.180. The van der Waals surface area contributed by atoms with Crippen molar-refractivity contribution in [1.29, 1.82) is 0 Å². The predicted octanol–water partition coefficient (Wildman–Crippen LogP) is 15.3. The molecule has 0 bridgehead atoms. The topological polar surface area (TPSA) is 18.5 Å². The number of ether oxygens (including phenoxy) is 2. The van der Waals surface area contributed by atoms with E-state index in [-0.39, 0.29) is 16.2 Å². The van der Waals surface area contributed by atoms with Crippen LogP contribution in [-0.4, -0.2) is 8.07 Å². The van der Waals surface area contributed by atoms with Crippen molar-refractivity contribution in [1.82, 2.24) is 0 Å². The summed E-state index contributed by atoms with van der Waals surface area (Å²) in [6.07, 6.45) is 0. The molecule has 0 spiro atoms. The Morgan fingerprint density at radius 1 is 0.344 bits per heavy atom.